The summed E-state index contributed by atoms with van der Waals surface area (Å²) >= 11 is 6.03. The third kappa shape index (κ3) is 4.77. The van der Waals surface area contributed by atoms with Crippen LogP contribution < -0.4 is 15.4 Å². The standard InChI is InChI=1S/C18H25ClN2O3/c19-13-6-7-15-16(5-3-11-24-17(15)12-13)21-18(22)20-9-8-14-4-1-2-10-23-14/h6-7,12,14,16H,1-5,8-11H2,(H2,20,21,22). The first-order valence-corrected chi connectivity index (χ1v) is 9.18. The molecule has 0 saturated carbocycles. The van der Waals surface area contributed by atoms with Gasteiger partial charge in [0.25, 0.3) is 0 Å². The van der Waals surface area contributed by atoms with Crippen LogP contribution in [0.5, 0.6) is 5.75 Å². The second kappa shape index (κ2) is 8.58. The summed E-state index contributed by atoms with van der Waals surface area (Å²) in [5.41, 5.74) is 0.989. The second-order valence-electron chi connectivity index (χ2n) is 6.40. The minimum atomic E-state index is -0.140. The van der Waals surface area contributed by atoms with Crippen LogP contribution in [0.4, 0.5) is 4.79 Å². The summed E-state index contributed by atoms with van der Waals surface area (Å²) in [6.45, 7) is 2.12. The predicted molar refractivity (Wildman–Crippen MR) is 93.7 cm³/mol. The zero-order valence-electron chi connectivity index (χ0n) is 13.9. The Labute approximate surface area is 148 Å². The van der Waals surface area contributed by atoms with E-state index < -0.39 is 0 Å². The maximum atomic E-state index is 12.2. The van der Waals surface area contributed by atoms with Gasteiger partial charge in [-0.1, -0.05) is 17.7 Å². The number of carbonyl (C=O) groups excluding carboxylic acids is 1. The Morgan fingerprint density at radius 3 is 2.96 bits per heavy atom. The number of urea groups is 1. The maximum Gasteiger partial charge on any atom is 0.315 e. The molecule has 2 unspecified atom stereocenters. The number of halogens is 1. The lowest BCUT2D eigenvalue weighted by atomic mass is 10.0. The van der Waals surface area contributed by atoms with Crippen LogP contribution >= 0.6 is 11.6 Å². The number of amides is 2. The van der Waals surface area contributed by atoms with Crippen LogP contribution in [0.1, 0.15) is 50.1 Å². The van der Waals surface area contributed by atoms with Crippen LogP contribution in [-0.4, -0.2) is 31.9 Å². The lowest BCUT2D eigenvalue weighted by molar-refractivity contribution is 0.0120. The van der Waals surface area contributed by atoms with Crippen molar-refractivity contribution in [3.63, 3.8) is 0 Å². The SMILES string of the molecule is O=C(NCCC1CCCCO1)NC1CCCOc2cc(Cl)ccc21. The normalized spacial score (nSPS) is 23.5. The molecular weight excluding hydrogens is 328 g/mol. The number of carbonyl (C=O) groups is 1. The Kier molecular flexibility index (Phi) is 6.21. The van der Waals surface area contributed by atoms with E-state index in [-0.39, 0.29) is 18.2 Å². The average molecular weight is 353 g/mol. The highest BCUT2D eigenvalue weighted by Gasteiger charge is 2.22. The molecule has 0 spiro atoms. The minimum Gasteiger partial charge on any atom is -0.493 e. The molecule has 0 radical (unpaired) electrons. The summed E-state index contributed by atoms with van der Waals surface area (Å²) in [7, 11) is 0. The average Bonchev–Trinajstić information content (AvgIpc) is 2.78. The molecule has 1 saturated heterocycles. The van der Waals surface area contributed by atoms with E-state index in [1.54, 1.807) is 0 Å². The van der Waals surface area contributed by atoms with Crippen LogP contribution in [0.25, 0.3) is 0 Å². The Balaban J connectivity index is 1.50. The topological polar surface area (TPSA) is 59.6 Å². The van der Waals surface area contributed by atoms with Crippen molar-refractivity contribution in [2.75, 3.05) is 19.8 Å². The molecule has 0 bridgehead atoms. The molecule has 0 aromatic heterocycles. The summed E-state index contributed by atoms with van der Waals surface area (Å²) in [5, 5.41) is 6.65. The molecule has 2 N–H and O–H groups in total. The van der Waals surface area contributed by atoms with Crippen molar-refractivity contribution in [3.8, 4) is 5.75 Å². The van der Waals surface area contributed by atoms with Crippen molar-refractivity contribution in [1.29, 1.82) is 0 Å². The van der Waals surface area contributed by atoms with E-state index in [2.05, 4.69) is 10.6 Å². The van der Waals surface area contributed by atoms with Crippen LogP contribution in [0, 0.1) is 0 Å². The van der Waals surface area contributed by atoms with E-state index in [0.29, 0.717) is 18.2 Å². The molecule has 3 rings (SSSR count). The quantitative estimate of drug-likeness (QED) is 0.866. The smallest absolute Gasteiger partial charge is 0.315 e. The molecule has 132 valence electrons. The third-order valence-electron chi connectivity index (χ3n) is 4.58. The molecule has 2 aliphatic rings. The fourth-order valence-corrected chi connectivity index (χ4v) is 3.45. The predicted octanol–water partition coefficient (Wildman–Crippen LogP) is 3.81. The first kappa shape index (κ1) is 17.4. The van der Waals surface area contributed by atoms with Gasteiger partial charge in [-0.15, -0.1) is 0 Å². The molecule has 24 heavy (non-hydrogen) atoms. The zero-order chi connectivity index (χ0) is 16.8. The van der Waals surface area contributed by atoms with Gasteiger partial charge < -0.3 is 20.1 Å². The third-order valence-corrected chi connectivity index (χ3v) is 4.81. The van der Waals surface area contributed by atoms with E-state index in [9.17, 15) is 4.79 Å². The molecule has 1 aromatic rings. The number of fused-ring (bicyclic) bond motifs is 1. The lowest BCUT2D eigenvalue weighted by Crippen LogP contribution is -2.39. The highest BCUT2D eigenvalue weighted by molar-refractivity contribution is 6.30. The summed E-state index contributed by atoms with van der Waals surface area (Å²) in [6, 6.07) is 5.39. The number of hydrogen-bond donors (Lipinski definition) is 2. The Bertz CT molecular complexity index is 561. The first-order valence-electron chi connectivity index (χ1n) is 8.80. The molecule has 0 aliphatic carbocycles. The van der Waals surface area contributed by atoms with Gasteiger partial charge in [0.2, 0.25) is 0 Å². The maximum absolute atomic E-state index is 12.2. The molecule has 2 aliphatic heterocycles. The van der Waals surface area contributed by atoms with Gasteiger partial charge >= 0.3 is 6.03 Å². The van der Waals surface area contributed by atoms with E-state index in [1.165, 1.54) is 6.42 Å². The van der Waals surface area contributed by atoms with Gasteiger partial charge in [0.05, 0.1) is 18.8 Å². The number of nitrogens with one attached hydrogen (secondary N) is 2. The number of hydrogen-bond acceptors (Lipinski definition) is 3. The zero-order valence-corrected chi connectivity index (χ0v) is 14.6. The summed E-state index contributed by atoms with van der Waals surface area (Å²) in [4.78, 5) is 12.2. The number of rotatable bonds is 4. The van der Waals surface area contributed by atoms with E-state index in [4.69, 9.17) is 21.1 Å². The largest absolute Gasteiger partial charge is 0.493 e. The van der Waals surface area contributed by atoms with Gasteiger partial charge in [-0.05, 0) is 50.7 Å². The molecular formula is C18H25ClN2O3. The van der Waals surface area contributed by atoms with Gasteiger partial charge in [0.1, 0.15) is 5.75 Å². The van der Waals surface area contributed by atoms with Gasteiger partial charge in [-0.25, -0.2) is 4.79 Å². The summed E-state index contributed by atoms with van der Waals surface area (Å²) < 4.78 is 11.4. The van der Waals surface area contributed by atoms with Crippen molar-refractivity contribution in [3.05, 3.63) is 28.8 Å². The van der Waals surface area contributed by atoms with E-state index in [1.807, 2.05) is 18.2 Å². The van der Waals surface area contributed by atoms with Crippen molar-refractivity contribution in [1.82, 2.24) is 10.6 Å². The second-order valence-corrected chi connectivity index (χ2v) is 6.84. The van der Waals surface area contributed by atoms with Gasteiger partial charge in [-0.2, -0.15) is 0 Å². The molecule has 1 fully saturated rings. The van der Waals surface area contributed by atoms with Crippen LogP contribution in [0.15, 0.2) is 18.2 Å². The van der Waals surface area contributed by atoms with Crippen LogP contribution in [0.3, 0.4) is 0 Å². The lowest BCUT2D eigenvalue weighted by Gasteiger charge is -2.23. The van der Waals surface area contributed by atoms with Crippen molar-refractivity contribution < 1.29 is 14.3 Å². The van der Waals surface area contributed by atoms with Crippen LogP contribution in [0.2, 0.25) is 5.02 Å². The molecule has 2 amide bonds. The summed E-state index contributed by atoms with van der Waals surface area (Å²) in [6.07, 6.45) is 6.37. The molecule has 1 aromatic carbocycles. The Hall–Kier alpha value is -1.46. The molecule has 2 heterocycles. The Morgan fingerprint density at radius 2 is 2.12 bits per heavy atom. The summed E-state index contributed by atoms with van der Waals surface area (Å²) in [5.74, 6) is 0.765. The number of ether oxygens (including phenoxy) is 2. The van der Waals surface area contributed by atoms with E-state index >= 15 is 0 Å². The highest BCUT2D eigenvalue weighted by atomic mass is 35.5. The van der Waals surface area contributed by atoms with E-state index in [0.717, 1.165) is 50.0 Å². The van der Waals surface area contributed by atoms with Gasteiger partial charge in [-0.3, -0.25) is 0 Å². The van der Waals surface area contributed by atoms with Gasteiger partial charge in [0.15, 0.2) is 0 Å². The van der Waals surface area contributed by atoms with Crippen LogP contribution in [-0.2, 0) is 4.74 Å². The monoisotopic (exact) mass is 352 g/mol. The fourth-order valence-electron chi connectivity index (χ4n) is 3.29. The first-order chi connectivity index (χ1) is 11.7. The van der Waals surface area contributed by atoms with Crippen molar-refractivity contribution in [2.45, 2.75) is 50.7 Å². The fraction of sp³-hybridized carbons (Fsp3) is 0.611. The highest BCUT2D eigenvalue weighted by Crippen LogP contribution is 2.33. The molecule has 2 atom stereocenters. The van der Waals surface area contributed by atoms with Crippen molar-refractivity contribution >= 4 is 17.6 Å². The molecule has 6 heteroatoms. The van der Waals surface area contributed by atoms with Crippen molar-refractivity contribution in [2.24, 2.45) is 0 Å². The van der Waals surface area contributed by atoms with Gasteiger partial charge in [0, 0.05) is 23.7 Å². The molecule has 5 nitrogen and oxygen atoms in total. The number of benzene rings is 1. The Morgan fingerprint density at radius 1 is 1.21 bits per heavy atom. The minimum absolute atomic E-state index is 0.0503.